The van der Waals surface area contributed by atoms with Crippen LogP contribution in [0.25, 0.3) is 27.7 Å². The third-order valence-electron chi connectivity index (χ3n) is 4.48. The topological polar surface area (TPSA) is 31.2 Å². The van der Waals surface area contributed by atoms with E-state index in [1.54, 1.807) is 23.8 Å². The molecule has 3 nitrogen and oxygen atoms in total. The van der Waals surface area contributed by atoms with Gasteiger partial charge in [0.25, 0.3) is 5.56 Å². The first kappa shape index (κ1) is 17.7. The first-order valence-corrected chi connectivity index (χ1v) is 9.09. The number of halogens is 2. The summed E-state index contributed by atoms with van der Waals surface area (Å²) in [6.45, 7) is 0. The first-order valence-electron chi connectivity index (χ1n) is 8.34. The van der Waals surface area contributed by atoms with Crippen LogP contribution in [0.2, 0.25) is 10.0 Å². The predicted molar refractivity (Wildman–Crippen MR) is 112 cm³/mol. The van der Waals surface area contributed by atoms with Gasteiger partial charge in [0.1, 0.15) is 5.75 Å². The number of nitrogens with zero attached hydrogens (tertiary/aromatic N) is 1. The van der Waals surface area contributed by atoms with Gasteiger partial charge >= 0.3 is 0 Å². The molecule has 5 heteroatoms. The Morgan fingerprint density at radius 1 is 0.815 bits per heavy atom. The normalized spacial score (nSPS) is 10.9. The molecule has 0 fully saturated rings. The smallest absolute Gasteiger partial charge is 0.255 e. The van der Waals surface area contributed by atoms with Gasteiger partial charge in [-0.25, -0.2) is 0 Å². The van der Waals surface area contributed by atoms with Crippen LogP contribution in [0.3, 0.4) is 0 Å². The molecule has 0 unspecified atom stereocenters. The zero-order chi connectivity index (χ0) is 19.0. The average Bonchev–Trinajstić information content (AvgIpc) is 2.68. The fourth-order valence-corrected chi connectivity index (χ4v) is 3.68. The van der Waals surface area contributed by atoms with Gasteiger partial charge in [-0.05, 0) is 35.9 Å². The van der Waals surface area contributed by atoms with Crippen molar-refractivity contribution in [3.63, 3.8) is 0 Å². The van der Waals surface area contributed by atoms with Gasteiger partial charge in [-0.3, -0.25) is 9.36 Å². The summed E-state index contributed by atoms with van der Waals surface area (Å²) in [6.07, 6.45) is 0. The van der Waals surface area contributed by atoms with Crippen LogP contribution < -0.4 is 10.3 Å². The van der Waals surface area contributed by atoms with E-state index in [2.05, 4.69) is 0 Å². The van der Waals surface area contributed by atoms with Crippen molar-refractivity contribution in [2.24, 2.45) is 0 Å². The zero-order valence-corrected chi connectivity index (χ0v) is 16.0. The van der Waals surface area contributed by atoms with Crippen molar-refractivity contribution in [1.29, 1.82) is 0 Å². The second-order valence-electron chi connectivity index (χ2n) is 6.05. The monoisotopic (exact) mass is 395 g/mol. The Balaban J connectivity index is 2.15. The standard InChI is InChI=1S/C22H15Cl2NO2/c1-27-14-12-17(15-6-2-3-7-18(15)23)16-10-11-22(26)25(21(16)13-14)20-9-5-4-8-19(20)24/h2-13H,1H3. The Morgan fingerprint density at radius 2 is 1.52 bits per heavy atom. The molecule has 0 aliphatic carbocycles. The lowest BCUT2D eigenvalue weighted by atomic mass is 9.99. The molecule has 0 atom stereocenters. The molecule has 0 N–H and O–H groups in total. The molecule has 0 saturated carbocycles. The average molecular weight is 396 g/mol. The van der Waals surface area contributed by atoms with E-state index < -0.39 is 0 Å². The summed E-state index contributed by atoms with van der Waals surface area (Å²) in [5, 5.41) is 2.00. The van der Waals surface area contributed by atoms with Crippen LogP contribution in [0, 0.1) is 0 Å². The predicted octanol–water partition coefficient (Wildman–Crippen LogP) is 5.97. The van der Waals surface area contributed by atoms with E-state index in [1.165, 1.54) is 0 Å². The minimum atomic E-state index is -0.172. The Labute approximate surface area is 166 Å². The summed E-state index contributed by atoms with van der Waals surface area (Å²) in [6, 6.07) is 22.0. The second-order valence-corrected chi connectivity index (χ2v) is 6.86. The van der Waals surface area contributed by atoms with Crippen molar-refractivity contribution in [3.8, 4) is 22.6 Å². The third-order valence-corrected chi connectivity index (χ3v) is 5.13. The van der Waals surface area contributed by atoms with Crippen LogP contribution in [-0.4, -0.2) is 11.7 Å². The maximum absolute atomic E-state index is 12.7. The van der Waals surface area contributed by atoms with E-state index in [0.717, 1.165) is 16.5 Å². The lowest BCUT2D eigenvalue weighted by molar-refractivity contribution is 0.415. The number of ether oxygens (including phenoxy) is 1. The van der Waals surface area contributed by atoms with Crippen molar-refractivity contribution in [2.75, 3.05) is 7.11 Å². The van der Waals surface area contributed by atoms with Gasteiger partial charge in [-0.1, -0.05) is 53.5 Å². The minimum Gasteiger partial charge on any atom is -0.497 e. The van der Waals surface area contributed by atoms with Crippen molar-refractivity contribution in [1.82, 2.24) is 4.57 Å². The van der Waals surface area contributed by atoms with E-state index in [1.807, 2.05) is 60.7 Å². The Kier molecular flexibility index (Phi) is 4.65. The number of methoxy groups -OCH3 is 1. The number of hydrogen-bond donors (Lipinski definition) is 0. The number of para-hydroxylation sites is 1. The number of hydrogen-bond acceptors (Lipinski definition) is 2. The van der Waals surface area contributed by atoms with Gasteiger partial charge in [0.05, 0.1) is 23.3 Å². The van der Waals surface area contributed by atoms with Crippen molar-refractivity contribution < 1.29 is 4.74 Å². The molecule has 134 valence electrons. The van der Waals surface area contributed by atoms with Crippen LogP contribution in [0.4, 0.5) is 0 Å². The van der Waals surface area contributed by atoms with Gasteiger partial charge in [-0.15, -0.1) is 0 Å². The molecule has 4 rings (SSSR count). The van der Waals surface area contributed by atoms with Gasteiger partial charge in [0.15, 0.2) is 0 Å². The summed E-state index contributed by atoms with van der Waals surface area (Å²) in [5.74, 6) is 0.629. The van der Waals surface area contributed by atoms with Crippen LogP contribution in [0.1, 0.15) is 0 Å². The van der Waals surface area contributed by atoms with E-state index >= 15 is 0 Å². The Hall–Kier alpha value is -2.75. The fourth-order valence-electron chi connectivity index (χ4n) is 3.22. The number of benzene rings is 3. The molecule has 1 aromatic heterocycles. The quantitative estimate of drug-likeness (QED) is 0.427. The molecule has 0 spiro atoms. The highest BCUT2D eigenvalue weighted by molar-refractivity contribution is 6.34. The van der Waals surface area contributed by atoms with E-state index in [-0.39, 0.29) is 5.56 Å². The molecule has 0 radical (unpaired) electrons. The van der Waals surface area contributed by atoms with E-state index in [4.69, 9.17) is 27.9 Å². The molecule has 1 heterocycles. The highest BCUT2D eigenvalue weighted by Crippen LogP contribution is 2.37. The van der Waals surface area contributed by atoms with Gasteiger partial charge in [0, 0.05) is 28.1 Å². The molecular formula is C22H15Cl2NO2. The Morgan fingerprint density at radius 3 is 2.22 bits per heavy atom. The molecule has 0 aliphatic heterocycles. The molecule has 0 aliphatic rings. The number of pyridine rings is 1. The lowest BCUT2D eigenvalue weighted by Gasteiger charge is -2.16. The summed E-state index contributed by atoms with van der Waals surface area (Å²) in [4.78, 5) is 12.7. The largest absolute Gasteiger partial charge is 0.497 e. The maximum Gasteiger partial charge on any atom is 0.255 e. The summed E-state index contributed by atoms with van der Waals surface area (Å²) in [5.41, 5.74) is 2.90. The van der Waals surface area contributed by atoms with Gasteiger partial charge in [0.2, 0.25) is 0 Å². The molecule has 0 bridgehead atoms. The van der Waals surface area contributed by atoms with Crippen molar-refractivity contribution >= 4 is 34.1 Å². The SMILES string of the molecule is COc1cc(-c2ccccc2Cl)c2ccc(=O)n(-c3ccccc3Cl)c2c1. The molecule has 3 aromatic carbocycles. The Bertz CT molecular complexity index is 1210. The maximum atomic E-state index is 12.7. The third kappa shape index (κ3) is 3.09. The molecule has 4 aromatic rings. The number of fused-ring (bicyclic) bond motifs is 1. The van der Waals surface area contributed by atoms with E-state index in [9.17, 15) is 4.79 Å². The highest BCUT2D eigenvalue weighted by atomic mass is 35.5. The van der Waals surface area contributed by atoms with Crippen molar-refractivity contribution in [2.45, 2.75) is 0 Å². The molecule has 0 saturated heterocycles. The number of aromatic nitrogens is 1. The summed E-state index contributed by atoms with van der Waals surface area (Å²) >= 11 is 12.8. The van der Waals surface area contributed by atoms with E-state index in [0.29, 0.717) is 27.0 Å². The number of rotatable bonds is 3. The summed E-state index contributed by atoms with van der Waals surface area (Å²) in [7, 11) is 1.60. The minimum absolute atomic E-state index is 0.172. The second kappa shape index (κ2) is 7.10. The van der Waals surface area contributed by atoms with Crippen LogP contribution in [-0.2, 0) is 0 Å². The summed E-state index contributed by atoms with van der Waals surface area (Å²) < 4.78 is 7.09. The van der Waals surface area contributed by atoms with Gasteiger partial charge < -0.3 is 4.74 Å². The fraction of sp³-hybridized carbons (Fsp3) is 0.0455. The van der Waals surface area contributed by atoms with Crippen molar-refractivity contribution in [3.05, 3.63) is 93.2 Å². The van der Waals surface area contributed by atoms with Crippen LogP contribution in [0.5, 0.6) is 5.75 Å². The zero-order valence-electron chi connectivity index (χ0n) is 14.4. The van der Waals surface area contributed by atoms with Gasteiger partial charge in [-0.2, -0.15) is 0 Å². The lowest BCUT2D eigenvalue weighted by Crippen LogP contribution is -2.18. The highest BCUT2D eigenvalue weighted by Gasteiger charge is 2.15. The van der Waals surface area contributed by atoms with Crippen LogP contribution >= 0.6 is 23.2 Å². The first-order chi connectivity index (χ1) is 13.1. The van der Waals surface area contributed by atoms with Crippen LogP contribution in [0.15, 0.2) is 77.6 Å². The molecular weight excluding hydrogens is 381 g/mol. The molecule has 27 heavy (non-hydrogen) atoms. The molecule has 0 amide bonds.